The number of amides is 1. The second-order valence-corrected chi connectivity index (χ2v) is 4.86. The van der Waals surface area contributed by atoms with Crippen molar-refractivity contribution in [1.82, 2.24) is 10.5 Å². The van der Waals surface area contributed by atoms with Crippen LogP contribution in [0, 0.1) is 13.8 Å². The van der Waals surface area contributed by atoms with Crippen molar-refractivity contribution in [3.63, 3.8) is 0 Å². The molecule has 0 unspecified atom stereocenters. The molecule has 0 saturated heterocycles. The molecule has 1 aromatic heterocycles. The van der Waals surface area contributed by atoms with Gasteiger partial charge in [-0.25, -0.2) is 0 Å². The van der Waals surface area contributed by atoms with E-state index in [0.29, 0.717) is 13.0 Å². The lowest BCUT2D eigenvalue weighted by Gasteiger charge is -2.05. The Hall–Kier alpha value is -1.36. The van der Waals surface area contributed by atoms with Gasteiger partial charge in [-0.15, -0.1) is 0 Å². The number of rotatable bonds is 9. The summed E-state index contributed by atoms with van der Waals surface area (Å²) in [6, 6.07) is 0. The Kier molecular flexibility index (Phi) is 7.18. The van der Waals surface area contributed by atoms with Gasteiger partial charge in [0.1, 0.15) is 5.76 Å². The molecule has 108 valence electrons. The van der Waals surface area contributed by atoms with Crippen LogP contribution in [-0.2, 0) is 11.2 Å². The number of carbonyl (C=O) groups excluding carboxylic acids is 1. The highest BCUT2D eigenvalue weighted by Gasteiger charge is 2.08. The van der Waals surface area contributed by atoms with E-state index < -0.39 is 0 Å². The van der Waals surface area contributed by atoms with E-state index in [9.17, 15) is 4.79 Å². The fraction of sp³-hybridized carbons (Fsp3) is 0.714. The van der Waals surface area contributed by atoms with E-state index in [4.69, 9.17) is 10.3 Å². The number of nitrogens with one attached hydrogen (secondary N) is 1. The van der Waals surface area contributed by atoms with E-state index in [1.165, 1.54) is 0 Å². The molecular formula is C14H25N3O2. The summed E-state index contributed by atoms with van der Waals surface area (Å²) in [6.07, 6.45) is 5.56. The predicted molar refractivity (Wildman–Crippen MR) is 74.8 cm³/mol. The summed E-state index contributed by atoms with van der Waals surface area (Å²) in [5, 5.41) is 6.83. The number of hydrogen-bond donors (Lipinski definition) is 2. The molecule has 0 bridgehead atoms. The summed E-state index contributed by atoms with van der Waals surface area (Å²) in [7, 11) is 0. The van der Waals surface area contributed by atoms with Gasteiger partial charge in [-0.2, -0.15) is 0 Å². The maximum absolute atomic E-state index is 11.6. The topological polar surface area (TPSA) is 81.2 Å². The van der Waals surface area contributed by atoms with Crippen molar-refractivity contribution in [1.29, 1.82) is 0 Å². The smallest absolute Gasteiger partial charge is 0.220 e. The number of aryl methyl sites for hydroxylation is 2. The average Bonchev–Trinajstić information content (AvgIpc) is 2.70. The summed E-state index contributed by atoms with van der Waals surface area (Å²) < 4.78 is 5.08. The Morgan fingerprint density at radius 3 is 2.63 bits per heavy atom. The van der Waals surface area contributed by atoms with Gasteiger partial charge in [0.2, 0.25) is 5.91 Å². The lowest BCUT2D eigenvalue weighted by atomic mass is 10.1. The standard InChI is InChI=1S/C14H25N3O2/c1-11-13(12(2)19-17-11)8-10-16-14(18)7-5-3-4-6-9-15/h3-10,15H2,1-2H3,(H,16,18). The molecule has 0 aliphatic rings. The van der Waals surface area contributed by atoms with Gasteiger partial charge >= 0.3 is 0 Å². The van der Waals surface area contributed by atoms with Crippen LogP contribution in [0.2, 0.25) is 0 Å². The summed E-state index contributed by atoms with van der Waals surface area (Å²) in [6.45, 7) is 5.20. The minimum absolute atomic E-state index is 0.125. The molecule has 0 aromatic carbocycles. The molecule has 1 amide bonds. The van der Waals surface area contributed by atoms with E-state index in [2.05, 4.69) is 10.5 Å². The fourth-order valence-electron chi connectivity index (χ4n) is 2.06. The molecule has 3 N–H and O–H groups in total. The van der Waals surface area contributed by atoms with Crippen LogP contribution in [0.15, 0.2) is 4.52 Å². The van der Waals surface area contributed by atoms with Crippen molar-refractivity contribution in [3.05, 3.63) is 17.0 Å². The number of nitrogens with two attached hydrogens (primary N) is 1. The highest BCUT2D eigenvalue weighted by molar-refractivity contribution is 5.75. The predicted octanol–water partition coefficient (Wildman–Crippen LogP) is 1.86. The minimum Gasteiger partial charge on any atom is -0.361 e. The third-order valence-corrected chi connectivity index (χ3v) is 3.24. The Labute approximate surface area is 114 Å². The van der Waals surface area contributed by atoms with Gasteiger partial charge in [0.15, 0.2) is 0 Å². The van der Waals surface area contributed by atoms with Gasteiger partial charge in [-0.1, -0.05) is 18.0 Å². The SMILES string of the molecule is Cc1noc(C)c1CCNC(=O)CCCCCCN. The molecule has 0 saturated carbocycles. The minimum atomic E-state index is 0.125. The maximum atomic E-state index is 11.6. The third kappa shape index (κ3) is 5.87. The molecule has 1 heterocycles. The molecule has 5 heteroatoms. The van der Waals surface area contributed by atoms with E-state index in [0.717, 1.165) is 55.7 Å². The average molecular weight is 267 g/mol. The number of hydrogen-bond acceptors (Lipinski definition) is 4. The van der Waals surface area contributed by atoms with Crippen molar-refractivity contribution in [2.24, 2.45) is 5.73 Å². The van der Waals surface area contributed by atoms with Crippen LogP contribution in [0.1, 0.15) is 49.1 Å². The van der Waals surface area contributed by atoms with Crippen LogP contribution >= 0.6 is 0 Å². The normalized spacial score (nSPS) is 10.7. The maximum Gasteiger partial charge on any atom is 0.220 e. The molecule has 1 rings (SSSR count). The highest BCUT2D eigenvalue weighted by atomic mass is 16.5. The molecule has 0 radical (unpaired) electrons. The zero-order valence-corrected chi connectivity index (χ0v) is 12.0. The number of carbonyl (C=O) groups is 1. The summed E-state index contributed by atoms with van der Waals surface area (Å²) in [4.78, 5) is 11.6. The first-order valence-electron chi connectivity index (χ1n) is 7.03. The zero-order valence-electron chi connectivity index (χ0n) is 12.0. The molecule has 0 fully saturated rings. The van der Waals surface area contributed by atoms with Crippen LogP contribution in [-0.4, -0.2) is 24.2 Å². The van der Waals surface area contributed by atoms with Gasteiger partial charge < -0.3 is 15.6 Å². The first-order valence-corrected chi connectivity index (χ1v) is 7.03. The van der Waals surface area contributed by atoms with Gasteiger partial charge in [-0.3, -0.25) is 4.79 Å². The van der Waals surface area contributed by atoms with Crippen molar-refractivity contribution < 1.29 is 9.32 Å². The van der Waals surface area contributed by atoms with Crippen molar-refractivity contribution in [2.75, 3.05) is 13.1 Å². The van der Waals surface area contributed by atoms with Crippen molar-refractivity contribution in [2.45, 2.75) is 52.4 Å². The van der Waals surface area contributed by atoms with Crippen LogP contribution in [0.5, 0.6) is 0 Å². The van der Waals surface area contributed by atoms with E-state index in [-0.39, 0.29) is 5.91 Å². The van der Waals surface area contributed by atoms with Crippen LogP contribution in [0.25, 0.3) is 0 Å². The molecule has 0 aliphatic heterocycles. The molecular weight excluding hydrogens is 242 g/mol. The summed E-state index contributed by atoms with van der Waals surface area (Å²) >= 11 is 0. The third-order valence-electron chi connectivity index (χ3n) is 3.24. The molecule has 0 spiro atoms. The van der Waals surface area contributed by atoms with Crippen LogP contribution in [0.4, 0.5) is 0 Å². The summed E-state index contributed by atoms with van der Waals surface area (Å²) in [5.74, 6) is 0.966. The first-order chi connectivity index (χ1) is 9.15. The Bertz CT molecular complexity index is 369. The van der Waals surface area contributed by atoms with Crippen molar-refractivity contribution in [3.8, 4) is 0 Å². The van der Waals surface area contributed by atoms with Gasteiger partial charge in [0, 0.05) is 18.5 Å². The number of nitrogens with zero attached hydrogens (tertiary/aromatic N) is 1. The number of aromatic nitrogens is 1. The van der Waals surface area contributed by atoms with E-state index in [1.807, 2.05) is 13.8 Å². The second-order valence-electron chi connectivity index (χ2n) is 4.86. The van der Waals surface area contributed by atoms with Gasteiger partial charge in [-0.05, 0) is 39.7 Å². The fourth-order valence-corrected chi connectivity index (χ4v) is 2.06. The first kappa shape index (κ1) is 15.7. The zero-order chi connectivity index (χ0) is 14.1. The van der Waals surface area contributed by atoms with Gasteiger partial charge in [0.05, 0.1) is 5.69 Å². The number of unbranched alkanes of at least 4 members (excludes halogenated alkanes) is 3. The quantitative estimate of drug-likeness (QED) is 0.669. The Balaban J connectivity index is 2.10. The van der Waals surface area contributed by atoms with E-state index in [1.54, 1.807) is 0 Å². The van der Waals surface area contributed by atoms with Crippen LogP contribution < -0.4 is 11.1 Å². The second kappa shape index (κ2) is 8.69. The molecule has 5 nitrogen and oxygen atoms in total. The largest absolute Gasteiger partial charge is 0.361 e. The van der Waals surface area contributed by atoms with Crippen molar-refractivity contribution >= 4 is 5.91 Å². The monoisotopic (exact) mass is 267 g/mol. The Morgan fingerprint density at radius 2 is 2.00 bits per heavy atom. The van der Waals surface area contributed by atoms with Crippen LogP contribution in [0.3, 0.4) is 0 Å². The van der Waals surface area contributed by atoms with E-state index >= 15 is 0 Å². The lowest BCUT2D eigenvalue weighted by molar-refractivity contribution is -0.121. The molecule has 19 heavy (non-hydrogen) atoms. The van der Waals surface area contributed by atoms with Gasteiger partial charge in [0.25, 0.3) is 0 Å². The summed E-state index contributed by atoms with van der Waals surface area (Å²) in [5.41, 5.74) is 7.43. The molecule has 0 aliphatic carbocycles. The lowest BCUT2D eigenvalue weighted by Crippen LogP contribution is -2.25. The Morgan fingerprint density at radius 1 is 1.26 bits per heavy atom. The molecule has 0 atom stereocenters. The molecule has 1 aromatic rings. The highest BCUT2D eigenvalue weighted by Crippen LogP contribution is 2.12.